The predicted octanol–water partition coefficient (Wildman–Crippen LogP) is 3.15. The Bertz CT molecular complexity index is 600. The number of aryl methyl sites for hydroxylation is 2. The minimum Gasteiger partial charge on any atom is -0.483 e. The number of para-hydroxylation sites is 1. The fourth-order valence-corrected chi connectivity index (χ4v) is 1.95. The number of hydrogen-bond acceptors (Lipinski definition) is 5. The van der Waals surface area contributed by atoms with Gasteiger partial charge in [-0.25, -0.2) is 0 Å². The molecule has 114 valence electrons. The van der Waals surface area contributed by atoms with Crippen molar-refractivity contribution in [1.29, 1.82) is 0 Å². The third-order valence-corrected chi connectivity index (χ3v) is 3.01. The minimum absolute atomic E-state index is 0.0601. The molecule has 1 N–H and O–H groups in total. The molecular formula is C16H23N3O2. The van der Waals surface area contributed by atoms with Crippen LogP contribution in [0.5, 0.6) is 5.75 Å². The van der Waals surface area contributed by atoms with Crippen LogP contribution in [0.25, 0.3) is 0 Å². The first kappa shape index (κ1) is 15.5. The van der Waals surface area contributed by atoms with E-state index in [1.807, 2.05) is 19.1 Å². The molecular weight excluding hydrogens is 266 g/mol. The average Bonchev–Trinajstić information content (AvgIpc) is 2.80. The Labute approximate surface area is 125 Å². The number of hydrogen-bond donors (Lipinski definition) is 1. The van der Waals surface area contributed by atoms with E-state index in [9.17, 15) is 0 Å². The highest BCUT2D eigenvalue weighted by Gasteiger charge is 2.13. The Balaban J connectivity index is 2.10. The molecule has 0 aliphatic heterocycles. The van der Waals surface area contributed by atoms with Crippen molar-refractivity contribution in [1.82, 2.24) is 15.5 Å². The van der Waals surface area contributed by atoms with Crippen LogP contribution in [0.4, 0.5) is 0 Å². The van der Waals surface area contributed by atoms with E-state index in [0.29, 0.717) is 11.8 Å². The zero-order valence-corrected chi connectivity index (χ0v) is 13.4. The predicted molar refractivity (Wildman–Crippen MR) is 81.1 cm³/mol. The van der Waals surface area contributed by atoms with Crippen molar-refractivity contribution in [3.05, 3.63) is 41.1 Å². The molecule has 5 heteroatoms. The summed E-state index contributed by atoms with van der Waals surface area (Å²) < 4.78 is 11.2. The van der Waals surface area contributed by atoms with Gasteiger partial charge in [0.05, 0.1) is 0 Å². The maximum atomic E-state index is 5.90. The van der Waals surface area contributed by atoms with E-state index in [0.717, 1.165) is 23.4 Å². The molecule has 0 spiro atoms. The Morgan fingerprint density at radius 3 is 2.57 bits per heavy atom. The fraction of sp³-hybridized carbons (Fsp3) is 0.500. The average molecular weight is 289 g/mol. The molecule has 0 saturated heterocycles. The number of nitrogens with zero attached hydrogens (tertiary/aromatic N) is 2. The molecule has 2 aromatic rings. The minimum atomic E-state index is 0.0601. The van der Waals surface area contributed by atoms with Gasteiger partial charge in [-0.05, 0) is 33.3 Å². The molecule has 0 saturated carbocycles. The van der Waals surface area contributed by atoms with Crippen molar-refractivity contribution in [3.63, 3.8) is 0 Å². The SMILES string of the molecule is Cc1nnc(COc2c(C)cccc2CNC(C)(C)C)o1. The first-order chi connectivity index (χ1) is 9.85. The summed E-state index contributed by atoms with van der Waals surface area (Å²) in [5.41, 5.74) is 2.28. The lowest BCUT2D eigenvalue weighted by atomic mass is 10.1. The standard InChI is InChI=1S/C16H23N3O2/c1-11-7-6-8-13(9-17-16(3,4)5)15(11)20-10-14-19-18-12(2)21-14/h6-8,17H,9-10H2,1-5H3. The van der Waals surface area contributed by atoms with Crippen molar-refractivity contribution in [2.45, 2.75) is 53.3 Å². The Morgan fingerprint density at radius 1 is 1.19 bits per heavy atom. The molecule has 21 heavy (non-hydrogen) atoms. The summed E-state index contributed by atoms with van der Waals surface area (Å²) >= 11 is 0. The molecule has 0 atom stereocenters. The largest absolute Gasteiger partial charge is 0.483 e. The monoisotopic (exact) mass is 289 g/mol. The van der Waals surface area contributed by atoms with E-state index in [2.05, 4.69) is 42.4 Å². The molecule has 0 unspecified atom stereocenters. The van der Waals surface area contributed by atoms with Crippen LogP contribution in [-0.4, -0.2) is 15.7 Å². The highest BCUT2D eigenvalue weighted by molar-refractivity contribution is 5.40. The second-order valence-corrected chi connectivity index (χ2v) is 6.17. The molecule has 1 aromatic carbocycles. The summed E-state index contributed by atoms with van der Waals surface area (Å²) in [6.07, 6.45) is 0. The molecule has 0 aliphatic carbocycles. The van der Waals surface area contributed by atoms with Gasteiger partial charge in [-0.1, -0.05) is 18.2 Å². The van der Waals surface area contributed by atoms with E-state index in [-0.39, 0.29) is 12.1 Å². The van der Waals surface area contributed by atoms with Gasteiger partial charge >= 0.3 is 0 Å². The molecule has 1 heterocycles. The third-order valence-electron chi connectivity index (χ3n) is 3.01. The summed E-state index contributed by atoms with van der Waals surface area (Å²) in [5.74, 6) is 1.92. The number of nitrogens with one attached hydrogen (secondary N) is 1. The summed E-state index contributed by atoms with van der Waals surface area (Å²) in [6.45, 7) is 11.3. The smallest absolute Gasteiger partial charge is 0.253 e. The van der Waals surface area contributed by atoms with Gasteiger partial charge in [-0.15, -0.1) is 10.2 Å². The molecule has 2 rings (SSSR count). The highest BCUT2D eigenvalue weighted by atomic mass is 16.5. The van der Waals surface area contributed by atoms with E-state index >= 15 is 0 Å². The molecule has 0 bridgehead atoms. The Hall–Kier alpha value is -1.88. The van der Waals surface area contributed by atoms with Gasteiger partial charge in [0, 0.05) is 24.6 Å². The molecule has 0 fully saturated rings. The van der Waals surface area contributed by atoms with Crippen molar-refractivity contribution >= 4 is 0 Å². The van der Waals surface area contributed by atoms with Gasteiger partial charge in [-0.2, -0.15) is 0 Å². The van der Waals surface area contributed by atoms with Crippen LogP contribution in [0.1, 0.15) is 43.7 Å². The van der Waals surface area contributed by atoms with Crippen LogP contribution in [0, 0.1) is 13.8 Å². The molecule has 0 radical (unpaired) electrons. The quantitative estimate of drug-likeness (QED) is 0.916. The van der Waals surface area contributed by atoms with Gasteiger partial charge < -0.3 is 14.5 Å². The van der Waals surface area contributed by atoms with Crippen molar-refractivity contribution in [2.24, 2.45) is 0 Å². The van der Waals surface area contributed by atoms with E-state index < -0.39 is 0 Å². The number of aromatic nitrogens is 2. The topological polar surface area (TPSA) is 60.2 Å². The molecule has 5 nitrogen and oxygen atoms in total. The second-order valence-electron chi connectivity index (χ2n) is 6.17. The second kappa shape index (κ2) is 6.26. The van der Waals surface area contributed by atoms with Crippen LogP contribution in [-0.2, 0) is 13.2 Å². The maximum Gasteiger partial charge on any atom is 0.253 e. The van der Waals surface area contributed by atoms with Crippen LogP contribution in [0.15, 0.2) is 22.6 Å². The van der Waals surface area contributed by atoms with Crippen LogP contribution in [0.2, 0.25) is 0 Å². The van der Waals surface area contributed by atoms with Crippen LogP contribution < -0.4 is 10.1 Å². The summed E-state index contributed by atoms with van der Waals surface area (Å²) in [4.78, 5) is 0. The van der Waals surface area contributed by atoms with E-state index in [1.54, 1.807) is 6.92 Å². The molecule has 0 aliphatic rings. The lowest BCUT2D eigenvalue weighted by Crippen LogP contribution is -2.35. The van der Waals surface area contributed by atoms with Gasteiger partial charge in [0.15, 0.2) is 6.61 Å². The normalized spacial score (nSPS) is 11.7. The first-order valence-corrected chi connectivity index (χ1v) is 7.10. The molecule has 1 aromatic heterocycles. The van der Waals surface area contributed by atoms with Crippen molar-refractivity contribution in [3.8, 4) is 5.75 Å². The third kappa shape index (κ3) is 4.56. The summed E-state index contributed by atoms with van der Waals surface area (Å²) in [6, 6.07) is 6.15. The number of ether oxygens (including phenoxy) is 1. The zero-order chi connectivity index (χ0) is 15.5. The van der Waals surface area contributed by atoms with E-state index in [1.165, 1.54) is 0 Å². The van der Waals surface area contributed by atoms with Crippen LogP contribution >= 0.6 is 0 Å². The fourth-order valence-electron chi connectivity index (χ4n) is 1.95. The van der Waals surface area contributed by atoms with Gasteiger partial charge in [-0.3, -0.25) is 0 Å². The number of benzene rings is 1. The maximum absolute atomic E-state index is 5.90. The van der Waals surface area contributed by atoms with Crippen molar-refractivity contribution < 1.29 is 9.15 Å². The lowest BCUT2D eigenvalue weighted by Gasteiger charge is -2.22. The zero-order valence-electron chi connectivity index (χ0n) is 13.4. The van der Waals surface area contributed by atoms with E-state index in [4.69, 9.17) is 9.15 Å². The van der Waals surface area contributed by atoms with Gasteiger partial charge in [0.1, 0.15) is 5.75 Å². The summed E-state index contributed by atoms with van der Waals surface area (Å²) in [5, 5.41) is 11.2. The van der Waals surface area contributed by atoms with Crippen LogP contribution in [0.3, 0.4) is 0 Å². The highest BCUT2D eigenvalue weighted by Crippen LogP contribution is 2.25. The van der Waals surface area contributed by atoms with Gasteiger partial charge in [0.2, 0.25) is 5.89 Å². The Morgan fingerprint density at radius 2 is 1.95 bits per heavy atom. The first-order valence-electron chi connectivity index (χ1n) is 7.10. The van der Waals surface area contributed by atoms with Gasteiger partial charge in [0.25, 0.3) is 5.89 Å². The summed E-state index contributed by atoms with van der Waals surface area (Å²) in [7, 11) is 0. The Kier molecular flexibility index (Phi) is 4.63. The molecule has 0 amide bonds. The van der Waals surface area contributed by atoms with Crippen molar-refractivity contribution in [2.75, 3.05) is 0 Å². The lowest BCUT2D eigenvalue weighted by molar-refractivity contribution is 0.255. The number of rotatable bonds is 5.